The molecule has 0 fully saturated rings. The van der Waals surface area contributed by atoms with E-state index >= 15 is 0 Å². The number of aromatic amines is 1. The average molecular weight is 410 g/mol. The minimum atomic E-state index is -1.000. The SMILES string of the molecule is CNCCOc1nc(Cl)cc2c1c(=O)[nH]c(=O)n2-c1cc([N+](=O)[O-])ccc1F. The number of fused-ring (bicyclic) bond motifs is 1. The van der Waals surface area contributed by atoms with Gasteiger partial charge in [-0.05, 0) is 13.1 Å². The minimum Gasteiger partial charge on any atom is -0.476 e. The summed E-state index contributed by atoms with van der Waals surface area (Å²) in [6.45, 7) is 0.579. The topological polar surface area (TPSA) is 132 Å². The van der Waals surface area contributed by atoms with Crippen LogP contribution >= 0.6 is 11.6 Å². The van der Waals surface area contributed by atoms with Crippen LogP contribution in [0.2, 0.25) is 5.15 Å². The lowest BCUT2D eigenvalue weighted by Gasteiger charge is -2.13. The number of likely N-dealkylation sites (N-methyl/N-ethyl adjacent to an activating group) is 1. The molecule has 3 aromatic rings. The van der Waals surface area contributed by atoms with E-state index in [4.69, 9.17) is 16.3 Å². The highest BCUT2D eigenvalue weighted by Gasteiger charge is 2.20. The lowest BCUT2D eigenvalue weighted by molar-refractivity contribution is -0.384. The molecule has 0 unspecified atom stereocenters. The summed E-state index contributed by atoms with van der Waals surface area (Å²) in [7, 11) is 1.70. The number of pyridine rings is 1. The van der Waals surface area contributed by atoms with Gasteiger partial charge in [0.15, 0.2) is 0 Å². The maximum absolute atomic E-state index is 14.4. The van der Waals surface area contributed by atoms with E-state index in [1.54, 1.807) is 7.05 Å². The normalized spacial score (nSPS) is 11.0. The van der Waals surface area contributed by atoms with Crippen molar-refractivity contribution < 1.29 is 14.1 Å². The van der Waals surface area contributed by atoms with E-state index < -0.39 is 33.4 Å². The van der Waals surface area contributed by atoms with Crippen molar-refractivity contribution in [2.75, 3.05) is 20.2 Å². The quantitative estimate of drug-likeness (QED) is 0.272. The molecule has 0 spiro atoms. The minimum absolute atomic E-state index is 0.104. The molecule has 2 aromatic heterocycles. The Morgan fingerprint density at radius 2 is 2.14 bits per heavy atom. The Morgan fingerprint density at radius 3 is 2.82 bits per heavy atom. The van der Waals surface area contributed by atoms with Crippen molar-refractivity contribution in [1.82, 2.24) is 19.9 Å². The smallest absolute Gasteiger partial charge is 0.333 e. The molecule has 3 rings (SSSR count). The summed E-state index contributed by atoms with van der Waals surface area (Å²) in [5, 5.41) is 13.6. The van der Waals surface area contributed by atoms with Crippen LogP contribution in [0.1, 0.15) is 0 Å². The maximum Gasteiger partial charge on any atom is 0.333 e. The zero-order valence-corrected chi connectivity index (χ0v) is 15.1. The number of hydrogen-bond acceptors (Lipinski definition) is 7. The lowest BCUT2D eigenvalue weighted by Crippen LogP contribution is -2.30. The summed E-state index contributed by atoms with van der Waals surface area (Å²) >= 11 is 5.99. The highest BCUT2D eigenvalue weighted by molar-refractivity contribution is 6.30. The van der Waals surface area contributed by atoms with Gasteiger partial charge in [0.05, 0.1) is 16.1 Å². The number of H-pyrrole nitrogens is 1. The molecule has 146 valence electrons. The fourth-order valence-electron chi connectivity index (χ4n) is 2.57. The number of nitrogens with zero attached hydrogens (tertiary/aromatic N) is 3. The Morgan fingerprint density at radius 1 is 1.39 bits per heavy atom. The molecule has 0 aliphatic carbocycles. The number of ether oxygens (including phenoxy) is 1. The molecule has 10 nitrogen and oxygen atoms in total. The van der Waals surface area contributed by atoms with E-state index in [2.05, 4.69) is 10.3 Å². The third kappa shape index (κ3) is 3.57. The van der Waals surface area contributed by atoms with Gasteiger partial charge in [-0.2, -0.15) is 0 Å². The molecule has 1 aromatic carbocycles. The average Bonchev–Trinajstić information content (AvgIpc) is 2.62. The van der Waals surface area contributed by atoms with E-state index in [1.807, 2.05) is 4.98 Å². The second kappa shape index (κ2) is 7.74. The highest BCUT2D eigenvalue weighted by Crippen LogP contribution is 2.27. The number of nitrogens with one attached hydrogen (secondary N) is 2. The first kappa shape index (κ1) is 19.5. The fourth-order valence-corrected chi connectivity index (χ4v) is 2.75. The summed E-state index contributed by atoms with van der Waals surface area (Å²) < 4.78 is 20.6. The van der Waals surface area contributed by atoms with Crippen molar-refractivity contribution in [2.45, 2.75) is 0 Å². The van der Waals surface area contributed by atoms with Gasteiger partial charge in [0.1, 0.15) is 23.0 Å². The molecule has 2 N–H and O–H groups in total. The van der Waals surface area contributed by atoms with Gasteiger partial charge in [-0.1, -0.05) is 11.6 Å². The van der Waals surface area contributed by atoms with Gasteiger partial charge in [-0.3, -0.25) is 24.5 Å². The maximum atomic E-state index is 14.4. The first-order chi connectivity index (χ1) is 13.3. The Bertz CT molecular complexity index is 1190. The van der Waals surface area contributed by atoms with Gasteiger partial charge in [-0.15, -0.1) is 0 Å². The number of rotatable bonds is 6. The molecule has 0 amide bonds. The summed E-state index contributed by atoms with van der Waals surface area (Å²) in [5.74, 6) is -1.06. The van der Waals surface area contributed by atoms with Crippen LogP contribution in [0, 0.1) is 15.9 Å². The molecule has 12 heteroatoms. The first-order valence-corrected chi connectivity index (χ1v) is 8.28. The molecular formula is C16H13ClFN5O5. The molecule has 28 heavy (non-hydrogen) atoms. The standard InChI is InChI=1S/C16H13ClFN5O5/c1-19-4-5-28-15-13-11(7-12(17)20-15)22(16(25)21-14(13)24)10-6-8(23(26)27)2-3-9(10)18/h2-3,6-7,19H,4-5H2,1H3,(H,21,24,25). The molecule has 0 aliphatic rings. The van der Waals surface area contributed by atoms with Gasteiger partial charge in [0.2, 0.25) is 5.88 Å². The van der Waals surface area contributed by atoms with Crippen LogP contribution in [0.5, 0.6) is 5.88 Å². The molecule has 0 aliphatic heterocycles. The number of halogens is 2. The summed E-state index contributed by atoms with van der Waals surface area (Å²) in [4.78, 5) is 41.1. The monoisotopic (exact) mass is 409 g/mol. The number of aromatic nitrogens is 3. The second-order valence-corrected chi connectivity index (χ2v) is 5.97. The third-order valence-corrected chi connectivity index (χ3v) is 3.99. The van der Waals surface area contributed by atoms with Gasteiger partial charge in [0, 0.05) is 24.7 Å². The number of benzene rings is 1. The van der Waals surface area contributed by atoms with E-state index in [-0.39, 0.29) is 28.5 Å². The van der Waals surface area contributed by atoms with Crippen molar-refractivity contribution in [1.29, 1.82) is 0 Å². The van der Waals surface area contributed by atoms with Crippen molar-refractivity contribution in [3.05, 3.63) is 66.2 Å². The molecule has 0 atom stereocenters. The van der Waals surface area contributed by atoms with Gasteiger partial charge >= 0.3 is 5.69 Å². The van der Waals surface area contributed by atoms with Crippen LogP contribution in [0.15, 0.2) is 33.9 Å². The van der Waals surface area contributed by atoms with E-state index in [0.717, 1.165) is 22.8 Å². The van der Waals surface area contributed by atoms with Gasteiger partial charge in [0.25, 0.3) is 11.2 Å². The van der Waals surface area contributed by atoms with E-state index in [0.29, 0.717) is 6.54 Å². The number of non-ortho nitro benzene ring substituents is 1. The van der Waals surface area contributed by atoms with Crippen LogP contribution < -0.4 is 21.3 Å². The molecule has 0 saturated heterocycles. The Hall–Kier alpha value is -3.31. The number of hydrogen-bond donors (Lipinski definition) is 2. The van der Waals surface area contributed by atoms with Crippen LogP contribution in [-0.4, -0.2) is 39.7 Å². The zero-order valence-electron chi connectivity index (χ0n) is 14.4. The number of nitro benzene ring substituents is 1. The third-order valence-electron chi connectivity index (χ3n) is 3.80. The van der Waals surface area contributed by atoms with Crippen LogP contribution in [0.25, 0.3) is 16.6 Å². The Kier molecular flexibility index (Phi) is 5.38. The summed E-state index contributed by atoms with van der Waals surface area (Å²) in [6.07, 6.45) is 0. The van der Waals surface area contributed by atoms with Gasteiger partial charge in [-0.25, -0.2) is 14.2 Å². The second-order valence-electron chi connectivity index (χ2n) is 5.58. The lowest BCUT2D eigenvalue weighted by atomic mass is 10.2. The number of nitro groups is 1. The van der Waals surface area contributed by atoms with Crippen molar-refractivity contribution in [2.24, 2.45) is 0 Å². The molecule has 0 radical (unpaired) electrons. The van der Waals surface area contributed by atoms with Crippen LogP contribution in [0.3, 0.4) is 0 Å². The molecule has 0 bridgehead atoms. The first-order valence-electron chi connectivity index (χ1n) is 7.90. The van der Waals surface area contributed by atoms with E-state index in [9.17, 15) is 24.1 Å². The predicted molar refractivity (Wildman–Crippen MR) is 99.0 cm³/mol. The largest absolute Gasteiger partial charge is 0.476 e. The van der Waals surface area contributed by atoms with Crippen LogP contribution in [-0.2, 0) is 0 Å². The molecular weight excluding hydrogens is 397 g/mol. The Labute approximate surface area is 160 Å². The summed E-state index contributed by atoms with van der Waals surface area (Å²) in [5.41, 5.74) is -2.78. The Balaban J connectivity index is 2.36. The van der Waals surface area contributed by atoms with Crippen LogP contribution in [0.4, 0.5) is 10.1 Å². The zero-order chi connectivity index (χ0) is 20.4. The molecule has 2 heterocycles. The summed E-state index contributed by atoms with van der Waals surface area (Å²) in [6, 6.07) is 3.86. The highest BCUT2D eigenvalue weighted by atomic mass is 35.5. The van der Waals surface area contributed by atoms with Crippen molar-refractivity contribution in [3.8, 4) is 11.6 Å². The van der Waals surface area contributed by atoms with E-state index in [1.165, 1.54) is 6.07 Å². The molecule has 0 saturated carbocycles. The predicted octanol–water partition coefficient (Wildman–Crippen LogP) is 1.37. The van der Waals surface area contributed by atoms with Crippen molar-refractivity contribution in [3.63, 3.8) is 0 Å². The van der Waals surface area contributed by atoms with Gasteiger partial charge < -0.3 is 10.1 Å². The van der Waals surface area contributed by atoms with Crippen molar-refractivity contribution >= 4 is 28.2 Å². The fraction of sp³-hybridized carbons (Fsp3) is 0.188.